The van der Waals surface area contributed by atoms with Crippen molar-refractivity contribution >= 4 is 29.4 Å². The summed E-state index contributed by atoms with van der Waals surface area (Å²) in [7, 11) is 0. The Bertz CT molecular complexity index is 893. The fourth-order valence-electron chi connectivity index (χ4n) is 1.94. The number of esters is 1. The first-order valence-corrected chi connectivity index (χ1v) is 8.19. The molecular formula is C18H13N3O3S. The fraction of sp³-hybridized carbons (Fsp3) is 0. The van der Waals surface area contributed by atoms with Crippen LogP contribution in [0.3, 0.4) is 0 Å². The van der Waals surface area contributed by atoms with Gasteiger partial charge in [0.25, 0.3) is 5.91 Å². The first-order valence-electron chi connectivity index (χ1n) is 7.31. The van der Waals surface area contributed by atoms with Crippen molar-refractivity contribution in [2.24, 2.45) is 5.10 Å². The Hall–Kier alpha value is -3.32. The highest BCUT2D eigenvalue weighted by molar-refractivity contribution is 7.12. The first-order chi connectivity index (χ1) is 12.2. The molecule has 0 saturated heterocycles. The monoisotopic (exact) mass is 351 g/mol. The predicted molar refractivity (Wildman–Crippen MR) is 95.0 cm³/mol. The van der Waals surface area contributed by atoms with Crippen molar-refractivity contribution in [3.63, 3.8) is 0 Å². The quantitative estimate of drug-likeness (QED) is 0.331. The van der Waals surface area contributed by atoms with Crippen molar-refractivity contribution in [1.82, 2.24) is 10.4 Å². The summed E-state index contributed by atoms with van der Waals surface area (Å²) in [6, 6.07) is 13.5. The largest absolute Gasteiger partial charge is 0.422 e. The minimum atomic E-state index is -0.407. The number of carbonyl (C=O) groups is 2. The summed E-state index contributed by atoms with van der Waals surface area (Å²) in [4.78, 5) is 28.2. The molecule has 0 aliphatic heterocycles. The van der Waals surface area contributed by atoms with Crippen molar-refractivity contribution in [3.8, 4) is 5.75 Å². The summed E-state index contributed by atoms with van der Waals surface area (Å²) in [5, 5.41) is 5.72. The summed E-state index contributed by atoms with van der Waals surface area (Å²) in [5.41, 5.74) is 3.58. The molecule has 7 heteroatoms. The van der Waals surface area contributed by atoms with E-state index in [0.29, 0.717) is 21.8 Å². The number of hydrogen-bond acceptors (Lipinski definition) is 6. The smallest absolute Gasteiger partial charge is 0.353 e. The molecule has 6 nitrogen and oxygen atoms in total. The van der Waals surface area contributed by atoms with E-state index in [9.17, 15) is 9.59 Å². The van der Waals surface area contributed by atoms with E-state index in [1.165, 1.54) is 29.9 Å². The molecule has 1 aromatic carbocycles. The Balaban J connectivity index is 1.61. The van der Waals surface area contributed by atoms with Crippen LogP contribution in [0.5, 0.6) is 5.75 Å². The standard InChI is InChI=1S/C18H13N3O3S/c22-17(14-6-8-19-9-7-14)21-20-12-13-3-1-4-15(11-13)24-18(23)16-5-2-10-25-16/h1-12H,(H,21,22). The lowest BCUT2D eigenvalue weighted by Crippen LogP contribution is -2.17. The van der Waals surface area contributed by atoms with Crippen LogP contribution in [0.15, 0.2) is 71.4 Å². The van der Waals surface area contributed by atoms with Crippen LogP contribution >= 0.6 is 11.3 Å². The molecule has 0 bridgehead atoms. The zero-order valence-corrected chi connectivity index (χ0v) is 13.8. The SMILES string of the molecule is O=C(NN=Cc1cccc(OC(=O)c2cccs2)c1)c1ccncc1. The topological polar surface area (TPSA) is 80.6 Å². The predicted octanol–water partition coefficient (Wildman–Crippen LogP) is 3.13. The highest BCUT2D eigenvalue weighted by Crippen LogP contribution is 2.16. The molecule has 0 fully saturated rings. The number of carbonyl (C=O) groups excluding carboxylic acids is 2. The van der Waals surface area contributed by atoms with E-state index >= 15 is 0 Å². The van der Waals surface area contributed by atoms with Crippen LogP contribution in [0.1, 0.15) is 25.6 Å². The number of hydrogen-bond donors (Lipinski definition) is 1. The molecule has 2 heterocycles. The van der Waals surface area contributed by atoms with Crippen LogP contribution in [0.4, 0.5) is 0 Å². The number of benzene rings is 1. The molecule has 0 unspecified atom stereocenters. The second-order valence-electron chi connectivity index (χ2n) is 4.87. The number of ether oxygens (including phenoxy) is 1. The number of rotatable bonds is 5. The summed E-state index contributed by atoms with van der Waals surface area (Å²) in [5.74, 6) is -0.336. The molecule has 3 aromatic rings. The first kappa shape index (κ1) is 16.5. The van der Waals surface area contributed by atoms with Crippen LogP contribution in [-0.2, 0) is 0 Å². The number of hydrazone groups is 1. The number of aromatic nitrogens is 1. The number of nitrogens with one attached hydrogen (secondary N) is 1. The van der Waals surface area contributed by atoms with E-state index in [1.807, 2.05) is 5.38 Å². The normalized spacial score (nSPS) is 10.6. The van der Waals surface area contributed by atoms with Gasteiger partial charge in [-0.05, 0) is 41.3 Å². The minimum absolute atomic E-state index is 0.334. The molecule has 0 aliphatic carbocycles. The minimum Gasteiger partial charge on any atom is -0.422 e. The number of thiophene rings is 1. The van der Waals surface area contributed by atoms with E-state index in [2.05, 4.69) is 15.5 Å². The Morgan fingerprint density at radius 1 is 1.12 bits per heavy atom. The number of nitrogens with zero attached hydrogens (tertiary/aromatic N) is 2. The van der Waals surface area contributed by atoms with E-state index in [4.69, 9.17) is 4.74 Å². The fourth-order valence-corrected chi connectivity index (χ4v) is 2.54. The van der Waals surface area contributed by atoms with Gasteiger partial charge in [0, 0.05) is 18.0 Å². The molecule has 0 atom stereocenters. The van der Waals surface area contributed by atoms with Gasteiger partial charge in [0.1, 0.15) is 10.6 Å². The maximum Gasteiger partial charge on any atom is 0.353 e. The molecular weight excluding hydrogens is 338 g/mol. The van der Waals surface area contributed by atoms with Crippen molar-refractivity contribution in [2.75, 3.05) is 0 Å². The van der Waals surface area contributed by atoms with E-state index in [-0.39, 0.29) is 5.91 Å². The molecule has 25 heavy (non-hydrogen) atoms. The van der Waals surface area contributed by atoms with E-state index in [0.717, 1.165) is 0 Å². The van der Waals surface area contributed by atoms with Crippen LogP contribution in [-0.4, -0.2) is 23.1 Å². The number of amides is 1. The molecule has 0 radical (unpaired) electrons. The zero-order chi connectivity index (χ0) is 17.5. The Labute approximate surface area is 147 Å². The molecule has 1 N–H and O–H groups in total. The maximum absolute atomic E-state index is 11.9. The van der Waals surface area contributed by atoms with Gasteiger partial charge >= 0.3 is 5.97 Å². The van der Waals surface area contributed by atoms with Crippen molar-refractivity contribution in [2.45, 2.75) is 0 Å². The molecule has 0 saturated carbocycles. The summed E-state index contributed by atoms with van der Waals surface area (Å²) in [6.45, 7) is 0. The van der Waals surface area contributed by atoms with Gasteiger partial charge in [0.15, 0.2) is 0 Å². The highest BCUT2D eigenvalue weighted by Gasteiger charge is 2.09. The lowest BCUT2D eigenvalue weighted by molar-refractivity contribution is 0.0739. The zero-order valence-electron chi connectivity index (χ0n) is 13.0. The Morgan fingerprint density at radius 3 is 2.72 bits per heavy atom. The third-order valence-corrected chi connectivity index (χ3v) is 3.96. The second kappa shape index (κ2) is 7.98. The average molecular weight is 351 g/mol. The van der Waals surface area contributed by atoms with Crippen LogP contribution in [0.25, 0.3) is 0 Å². The summed E-state index contributed by atoms with van der Waals surface area (Å²) in [6.07, 6.45) is 4.54. The maximum atomic E-state index is 11.9. The summed E-state index contributed by atoms with van der Waals surface area (Å²) >= 11 is 1.32. The van der Waals surface area contributed by atoms with Gasteiger partial charge in [-0.3, -0.25) is 9.78 Å². The molecule has 0 spiro atoms. The molecule has 2 aromatic heterocycles. The van der Waals surface area contributed by atoms with Crippen molar-refractivity contribution in [3.05, 3.63) is 82.3 Å². The third kappa shape index (κ3) is 4.58. The summed E-state index contributed by atoms with van der Waals surface area (Å²) < 4.78 is 5.31. The Morgan fingerprint density at radius 2 is 1.96 bits per heavy atom. The average Bonchev–Trinajstić information content (AvgIpc) is 3.17. The van der Waals surface area contributed by atoms with Gasteiger partial charge in [-0.1, -0.05) is 18.2 Å². The lowest BCUT2D eigenvalue weighted by Gasteiger charge is -2.03. The van der Waals surface area contributed by atoms with Crippen LogP contribution < -0.4 is 10.2 Å². The van der Waals surface area contributed by atoms with Gasteiger partial charge in [-0.2, -0.15) is 5.10 Å². The number of pyridine rings is 1. The second-order valence-corrected chi connectivity index (χ2v) is 5.82. The van der Waals surface area contributed by atoms with Gasteiger partial charge in [-0.15, -0.1) is 11.3 Å². The van der Waals surface area contributed by atoms with Crippen molar-refractivity contribution in [1.29, 1.82) is 0 Å². The lowest BCUT2D eigenvalue weighted by atomic mass is 10.2. The van der Waals surface area contributed by atoms with Gasteiger partial charge in [-0.25, -0.2) is 10.2 Å². The van der Waals surface area contributed by atoms with Crippen LogP contribution in [0.2, 0.25) is 0 Å². The molecule has 1 amide bonds. The molecule has 3 rings (SSSR count). The van der Waals surface area contributed by atoms with Gasteiger partial charge in [0.2, 0.25) is 0 Å². The van der Waals surface area contributed by atoms with Crippen LogP contribution in [0, 0.1) is 0 Å². The Kier molecular flexibility index (Phi) is 5.28. The van der Waals surface area contributed by atoms with E-state index < -0.39 is 5.97 Å². The van der Waals surface area contributed by atoms with Gasteiger partial charge < -0.3 is 4.74 Å². The van der Waals surface area contributed by atoms with E-state index in [1.54, 1.807) is 48.5 Å². The van der Waals surface area contributed by atoms with Gasteiger partial charge in [0.05, 0.1) is 6.21 Å². The van der Waals surface area contributed by atoms with Crippen molar-refractivity contribution < 1.29 is 14.3 Å². The third-order valence-electron chi connectivity index (χ3n) is 3.11. The molecule has 124 valence electrons. The highest BCUT2D eigenvalue weighted by atomic mass is 32.1. The molecule has 0 aliphatic rings.